The van der Waals surface area contributed by atoms with Crippen molar-refractivity contribution in [3.63, 3.8) is 0 Å². The van der Waals surface area contributed by atoms with E-state index in [0.29, 0.717) is 24.1 Å². The van der Waals surface area contributed by atoms with Gasteiger partial charge < -0.3 is 16.0 Å². The number of carbonyl (C=O) groups is 1. The van der Waals surface area contributed by atoms with Crippen LogP contribution in [-0.2, 0) is 4.79 Å². The molecule has 1 aliphatic rings. The van der Waals surface area contributed by atoms with Gasteiger partial charge >= 0.3 is 0 Å². The molecule has 1 aliphatic carbocycles. The minimum Gasteiger partial charge on any atom is -0.362 e. The Bertz CT molecular complexity index is 265. The number of hydrogen-bond acceptors (Lipinski definition) is 2. The second kappa shape index (κ2) is 9.14. The third kappa shape index (κ3) is 6.79. The number of nitrogens with one attached hydrogen (secondary N) is 3. The number of hydrogen-bond donors (Lipinski definition) is 3. The first kappa shape index (κ1) is 15.2. The first-order valence-electron chi connectivity index (χ1n) is 7.03. The summed E-state index contributed by atoms with van der Waals surface area (Å²) in [6, 6.07) is 0.521. The van der Waals surface area contributed by atoms with Crippen molar-refractivity contribution in [1.29, 1.82) is 0 Å². The molecule has 1 amide bonds. The van der Waals surface area contributed by atoms with E-state index < -0.39 is 0 Å². The van der Waals surface area contributed by atoms with E-state index >= 15 is 0 Å². The smallest absolute Gasteiger partial charge is 0.221 e. The lowest BCUT2D eigenvalue weighted by Gasteiger charge is -2.24. The lowest BCUT2D eigenvalue weighted by molar-refractivity contribution is -0.120. The number of thiocarbonyl (C=S) groups is 1. The van der Waals surface area contributed by atoms with Gasteiger partial charge in [-0.1, -0.05) is 26.2 Å². The Labute approximate surface area is 115 Å². The predicted molar refractivity (Wildman–Crippen MR) is 78.5 cm³/mol. The molecule has 0 aromatic carbocycles. The predicted octanol–water partition coefficient (Wildman–Crippen LogP) is 1.70. The number of carbonyl (C=O) groups excluding carboxylic acids is 1. The highest BCUT2D eigenvalue weighted by molar-refractivity contribution is 7.80. The van der Waals surface area contributed by atoms with E-state index in [0.717, 1.165) is 13.0 Å². The van der Waals surface area contributed by atoms with Gasteiger partial charge in [-0.2, -0.15) is 0 Å². The maximum Gasteiger partial charge on any atom is 0.221 e. The molecule has 0 aromatic heterocycles. The van der Waals surface area contributed by atoms with Crippen LogP contribution in [0.4, 0.5) is 0 Å². The molecule has 4 nitrogen and oxygen atoms in total. The average Bonchev–Trinajstić information content (AvgIpc) is 2.37. The molecular weight excluding hydrogens is 246 g/mol. The Morgan fingerprint density at radius 2 is 1.89 bits per heavy atom. The summed E-state index contributed by atoms with van der Waals surface area (Å²) in [6.07, 6.45) is 7.79. The standard InChI is InChI=1S/C13H25N3OS/c1-2-9-14-12(17)8-10-15-13(18)16-11-6-4-3-5-7-11/h11H,2-10H2,1H3,(H,14,17)(H2,15,16,18). The Hall–Kier alpha value is -0.840. The average molecular weight is 271 g/mol. The van der Waals surface area contributed by atoms with Crippen LogP contribution < -0.4 is 16.0 Å². The Morgan fingerprint density at radius 3 is 2.56 bits per heavy atom. The molecule has 5 heteroatoms. The molecule has 0 aromatic rings. The van der Waals surface area contributed by atoms with Crippen molar-refractivity contribution in [3.8, 4) is 0 Å². The van der Waals surface area contributed by atoms with Crippen molar-refractivity contribution in [2.24, 2.45) is 0 Å². The molecule has 0 bridgehead atoms. The zero-order valence-electron chi connectivity index (χ0n) is 11.3. The molecule has 0 spiro atoms. The first-order valence-corrected chi connectivity index (χ1v) is 7.44. The van der Waals surface area contributed by atoms with Crippen LogP contribution in [0, 0.1) is 0 Å². The van der Waals surface area contributed by atoms with Crippen molar-refractivity contribution >= 4 is 23.2 Å². The van der Waals surface area contributed by atoms with Gasteiger partial charge in [0.1, 0.15) is 0 Å². The highest BCUT2D eigenvalue weighted by Crippen LogP contribution is 2.17. The fraction of sp³-hybridized carbons (Fsp3) is 0.846. The molecule has 0 atom stereocenters. The Balaban J connectivity index is 2.04. The van der Waals surface area contributed by atoms with E-state index in [1.807, 2.05) is 6.92 Å². The normalized spacial score (nSPS) is 16.1. The first-order chi connectivity index (χ1) is 8.72. The van der Waals surface area contributed by atoms with Gasteiger partial charge in [0.25, 0.3) is 0 Å². The van der Waals surface area contributed by atoms with Crippen LogP contribution in [0.15, 0.2) is 0 Å². The highest BCUT2D eigenvalue weighted by Gasteiger charge is 2.13. The fourth-order valence-electron chi connectivity index (χ4n) is 2.13. The summed E-state index contributed by atoms with van der Waals surface area (Å²) in [5.74, 6) is 0.0878. The van der Waals surface area contributed by atoms with Crippen molar-refractivity contribution in [1.82, 2.24) is 16.0 Å². The maximum atomic E-state index is 11.4. The number of amides is 1. The molecule has 1 saturated carbocycles. The van der Waals surface area contributed by atoms with Gasteiger partial charge in [0.2, 0.25) is 5.91 Å². The van der Waals surface area contributed by atoms with E-state index in [9.17, 15) is 4.79 Å². The van der Waals surface area contributed by atoms with E-state index in [2.05, 4.69) is 16.0 Å². The molecule has 1 fully saturated rings. The highest BCUT2D eigenvalue weighted by atomic mass is 32.1. The zero-order chi connectivity index (χ0) is 13.2. The van der Waals surface area contributed by atoms with Crippen LogP contribution in [0.3, 0.4) is 0 Å². The van der Waals surface area contributed by atoms with Crippen LogP contribution in [0.2, 0.25) is 0 Å². The summed E-state index contributed by atoms with van der Waals surface area (Å²) in [4.78, 5) is 11.4. The minimum atomic E-state index is 0.0878. The van der Waals surface area contributed by atoms with Crippen molar-refractivity contribution in [2.75, 3.05) is 13.1 Å². The second-order valence-electron chi connectivity index (χ2n) is 4.84. The largest absolute Gasteiger partial charge is 0.362 e. The molecule has 18 heavy (non-hydrogen) atoms. The van der Waals surface area contributed by atoms with E-state index in [4.69, 9.17) is 12.2 Å². The van der Waals surface area contributed by atoms with E-state index in [1.54, 1.807) is 0 Å². The topological polar surface area (TPSA) is 53.2 Å². The quantitative estimate of drug-likeness (QED) is 0.644. The summed E-state index contributed by atoms with van der Waals surface area (Å²) >= 11 is 5.22. The molecule has 0 aliphatic heterocycles. The minimum absolute atomic E-state index is 0.0878. The summed E-state index contributed by atoms with van der Waals surface area (Å²) in [5, 5.41) is 9.95. The molecule has 0 unspecified atom stereocenters. The molecule has 0 radical (unpaired) electrons. The lowest BCUT2D eigenvalue weighted by atomic mass is 9.96. The van der Waals surface area contributed by atoms with Crippen molar-refractivity contribution < 1.29 is 4.79 Å². The molecule has 0 saturated heterocycles. The van der Waals surface area contributed by atoms with Gasteiger partial charge in [0.15, 0.2) is 5.11 Å². The molecule has 3 N–H and O–H groups in total. The van der Waals surface area contributed by atoms with Gasteiger partial charge in [-0.3, -0.25) is 4.79 Å². The third-order valence-electron chi connectivity index (χ3n) is 3.15. The molecular formula is C13H25N3OS. The van der Waals surface area contributed by atoms with Crippen LogP contribution in [0.1, 0.15) is 51.9 Å². The Kier molecular flexibility index (Phi) is 7.73. The number of rotatable bonds is 6. The van der Waals surface area contributed by atoms with Gasteiger partial charge in [0.05, 0.1) is 0 Å². The third-order valence-corrected chi connectivity index (χ3v) is 3.41. The summed E-state index contributed by atoms with van der Waals surface area (Å²) in [5.41, 5.74) is 0. The molecule has 1 rings (SSSR count). The molecule has 0 heterocycles. The SMILES string of the molecule is CCCNC(=O)CCNC(=S)NC1CCCCC1. The summed E-state index contributed by atoms with van der Waals surface area (Å²) in [7, 11) is 0. The monoisotopic (exact) mass is 271 g/mol. The molecule has 104 valence electrons. The van der Waals surface area contributed by atoms with Crippen molar-refractivity contribution in [3.05, 3.63) is 0 Å². The van der Waals surface area contributed by atoms with Crippen LogP contribution >= 0.6 is 12.2 Å². The summed E-state index contributed by atoms with van der Waals surface area (Å²) < 4.78 is 0. The second-order valence-corrected chi connectivity index (χ2v) is 5.24. The van der Waals surface area contributed by atoms with Gasteiger partial charge in [-0.15, -0.1) is 0 Å². The fourth-order valence-corrected chi connectivity index (χ4v) is 2.39. The van der Waals surface area contributed by atoms with Gasteiger partial charge in [-0.25, -0.2) is 0 Å². The van der Waals surface area contributed by atoms with Gasteiger partial charge in [-0.05, 0) is 31.5 Å². The van der Waals surface area contributed by atoms with Crippen molar-refractivity contribution in [2.45, 2.75) is 57.9 Å². The maximum absolute atomic E-state index is 11.4. The Morgan fingerprint density at radius 1 is 1.17 bits per heavy atom. The van der Waals surface area contributed by atoms with E-state index in [1.165, 1.54) is 32.1 Å². The van der Waals surface area contributed by atoms with Crippen LogP contribution in [0.25, 0.3) is 0 Å². The zero-order valence-corrected chi connectivity index (χ0v) is 12.1. The van der Waals surface area contributed by atoms with Crippen LogP contribution in [-0.4, -0.2) is 30.2 Å². The summed E-state index contributed by atoms with van der Waals surface area (Å²) in [6.45, 7) is 3.40. The lowest BCUT2D eigenvalue weighted by Crippen LogP contribution is -2.43. The van der Waals surface area contributed by atoms with E-state index in [-0.39, 0.29) is 5.91 Å². The van der Waals surface area contributed by atoms with Crippen LogP contribution in [0.5, 0.6) is 0 Å². The van der Waals surface area contributed by atoms with Gasteiger partial charge in [0, 0.05) is 25.6 Å².